The highest BCUT2D eigenvalue weighted by Gasteiger charge is 2.34. The van der Waals surface area contributed by atoms with E-state index in [1.165, 1.54) is 10.9 Å². The van der Waals surface area contributed by atoms with Crippen LogP contribution in [0.4, 0.5) is 5.69 Å². The normalized spacial score (nSPS) is 26.2. The fourth-order valence-electron chi connectivity index (χ4n) is 2.99. The largest absolute Gasteiger partial charge is 0.368 e. The van der Waals surface area contributed by atoms with Gasteiger partial charge in [0.2, 0.25) is 0 Å². The van der Waals surface area contributed by atoms with Crippen molar-refractivity contribution in [1.29, 1.82) is 0 Å². The second-order valence-corrected chi connectivity index (χ2v) is 9.46. The summed E-state index contributed by atoms with van der Waals surface area (Å²) in [7, 11) is 0.541. The first kappa shape index (κ1) is 20.0. The molecule has 1 aromatic heterocycles. The maximum Gasteiger partial charge on any atom is 0.312 e. The van der Waals surface area contributed by atoms with Gasteiger partial charge in [0.25, 0.3) is 0 Å². The first-order valence-electron chi connectivity index (χ1n) is 8.63. The van der Waals surface area contributed by atoms with Gasteiger partial charge in [0.15, 0.2) is 0 Å². The molecule has 0 bridgehead atoms. The van der Waals surface area contributed by atoms with Crippen molar-refractivity contribution >= 4 is 16.7 Å². The minimum Gasteiger partial charge on any atom is -0.368 e. The molecular formula is C16H28N4O4S. The third-order valence-electron chi connectivity index (χ3n) is 4.43. The molecule has 1 aliphatic rings. The zero-order valence-electron chi connectivity index (χ0n) is 15.5. The molecule has 4 atom stereocenters. The van der Waals surface area contributed by atoms with Gasteiger partial charge < -0.3 is 4.74 Å². The summed E-state index contributed by atoms with van der Waals surface area (Å²) in [5.74, 6) is 0. The maximum atomic E-state index is 12.4. The first-order valence-corrected chi connectivity index (χ1v) is 9.78. The second-order valence-electron chi connectivity index (χ2n) is 7.46. The molecule has 3 unspecified atom stereocenters. The summed E-state index contributed by atoms with van der Waals surface area (Å²) in [5, 5.41) is 15.3. The van der Waals surface area contributed by atoms with Crippen LogP contribution >= 0.6 is 0 Å². The predicted molar refractivity (Wildman–Crippen MR) is 96.4 cm³/mol. The van der Waals surface area contributed by atoms with Crippen LogP contribution in [0.5, 0.6) is 0 Å². The van der Waals surface area contributed by atoms with E-state index in [0.717, 1.165) is 19.3 Å². The highest BCUT2D eigenvalue weighted by atomic mass is 32.2. The van der Waals surface area contributed by atoms with Crippen LogP contribution in [0.1, 0.15) is 65.2 Å². The number of aromatic nitrogens is 2. The fraction of sp³-hybridized carbons (Fsp3) is 0.812. The zero-order chi connectivity index (χ0) is 18.8. The van der Waals surface area contributed by atoms with Crippen LogP contribution in [0.2, 0.25) is 0 Å². The summed E-state index contributed by atoms with van der Waals surface area (Å²) >= 11 is 0. The summed E-state index contributed by atoms with van der Waals surface area (Å²) in [6.45, 7) is 7.83. The van der Waals surface area contributed by atoms with Gasteiger partial charge in [-0.2, -0.15) is 5.10 Å². The molecule has 0 aromatic carbocycles. The van der Waals surface area contributed by atoms with Crippen LogP contribution in [0.15, 0.2) is 6.20 Å². The molecule has 25 heavy (non-hydrogen) atoms. The number of nitrogens with one attached hydrogen (secondary N) is 1. The molecule has 1 fully saturated rings. The Morgan fingerprint density at radius 3 is 2.72 bits per heavy atom. The number of hydrogen-bond acceptors (Lipinski definition) is 5. The van der Waals surface area contributed by atoms with Gasteiger partial charge in [-0.15, -0.1) is 0 Å². The minimum absolute atomic E-state index is 0.00738. The van der Waals surface area contributed by atoms with E-state index in [1.54, 1.807) is 7.05 Å². The summed E-state index contributed by atoms with van der Waals surface area (Å²) < 4.78 is 23.0. The molecule has 0 aliphatic carbocycles. The molecule has 1 aromatic rings. The second kappa shape index (κ2) is 7.92. The van der Waals surface area contributed by atoms with Crippen molar-refractivity contribution in [2.24, 2.45) is 7.05 Å². The van der Waals surface area contributed by atoms with Gasteiger partial charge in [-0.05, 0) is 46.5 Å². The van der Waals surface area contributed by atoms with Crippen LogP contribution in [-0.4, -0.2) is 35.8 Å². The Hall–Kier alpha value is -1.32. The number of ether oxygens (including phenoxy) is 1. The fourth-order valence-corrected chi connectivity index (χ4v) is 3.86. The molecule has 142 valence electrons. The molecule has 1 aliphatic heterocycles. The van der Waals surface area contributed by atoms with Crippen molar-refractivity contribution in [1.82, 2.24) is 14.5 Å². The molecule has 0 radical (unpaired) electrons. The monoisotopic (exact) mass is 372 g/mol. The molecule has 0 spiro atoms. The van der Waals surface area contributed by atoms with E-state index in [9.17, 15) is 14.3 Å². The van der Waals surface area contributed by atoms with Crippen molar-refractivity contribution in [2.75, 3.05) is 0 Å². The highest BCUT2D eigenvalue weighted by molar-refractivity contribution is 7.84. The Bertz CT molecular complexity index is 641. The number of nitrogens with zero attached hydrogens (tertiary/aromatic N) is 3. The lowest BCUT2D eigenvalue weighted by molar-refractivity contribution is -0.386. The maximum absolute atomic E-state index is 12.4. The average Bonchev–Trinajstić information content (AvgIpc) is 2.78. The smallest absolute Gasteiger partial charge is 0.312 e. The van der Waals surface area contributed by atoms with Crippen molar-refractivity contribution in [3.05, 3.63) is 22.0 Å². The Kier molecular flexibility index (Phi) is 6.34. The Labute approximate surface area is 151 Å². The zero-order valence-corrected chi connectivity index (χ0v) is 16.3. The van der Waals surface area contributed by atoms with Crippen molar-refractivity contribution < 1.29 is 13.9 Å². The summed E-state index contributed by atoms with van der Waals surface area (Å²) in [6.07, 6.45) is 3.74. The van der Waals surface area contributed by atoms with Crippen molar-refractivity contribution in [3.63, 3.8) is 0 Å². The number of nitro groups is 1. The van der Waals surface area contributed by atoms with Crippen LogP contribution in [0.3, 0.4) is 0 Å². The van der Waals surface area contributed by atoms with E-state index >= 15 is 0 Å². The van der Waals surface area contributed by atoms with Crippen LogP contribution in [-0.2, 0) is 22.8 Å². The molecule has 2 heterocycles. The predicted octanol–water partition coefficient (Wildman–Crippen LogP) is 2.77. The van der Waals surface area contributed by atoms with Crippen LogP contribution in [0.25, 0.3) is 0 Å². The SMILES string of the molecule is CC[C@@H]1CC(NS(=O)C(C)(C)C)CCC(c2c([N+](=O)[O-])cnn2C)O1. The molecule has 0 saturated carbocycles. The lowest BCUT2D eigenvalue weighted by Crippen LogP contribution is -2.40. The van der Waals surface area contributed by atoms with Crippen LogP contribution < -0.4 is 4.72 Å². The van der Waals surface area contributed by atoms with Crippen LogP contribution in [0, 0.1) is 10.1 Å². The van der Waals surface area contributed by atoms with Gasteiger partial charge in [0.1, 0.15) is 18.0 Å². The standard InChI is InChI=1S/C16H28N4O4S/c1-6-12-9-11(18-25(23)16(2,3)4)7-8-14(24-12)15-13(20(21)22)10-17-19(15)5/h10-12,14,18H,6-9H2,1-5H3/t11?,12-,14?,25?/m1/s1. The van der Waals surface area contributed by atoms with E-state index in [-0.39, 0.29) is 28.7 Å². The molecule has 1 N–H and O–H groups in total. The highest BCUT2D eigenvalue weighted by Crippen LogP contribution is 2.35. The van der Waals surface area contributed by atoms with Gasteiger partial charge in [0, 0.05) is 13.1 Å². The molecule has 9 heteroatoms. The van der Waals surface area contributed by atoms with Gasteiger partial charge in [0.05, 0.1) is 26.8 Å². The van der Waals surface area contributed by atoms with Gasteiger partial charge in [-0.3, -0.25) is 14.8 Å². The van der Waals surface area contributed by atoms with E-state index in [2.05, 4.69) is 9.82 Å². The molecule has 8 nitrogen and oxygen atoms in total. The van der Waals surface area contributed by atoms with E-state index < -0.39 is 15.9 Å². The molecule has 2 rings (SSSR count). The molecule has 1 saturated heterocycles. The van der Waals surface area contributed by atoms with Gasteiger partial charge in [-0.1, -0.05) is 6.92 Å². The summed E-state index contributed by atoms with van der Waals surface area (Å²) in [6, 6.07) is 0.0577. The first-order chi connectivity index (χ1) is 11.6. The average molecular weight is 372 g/mol. The summed E-state index contributed by atoms with van der Waals surface area (Å²) in [4.78, 5) is 10.9. The Morgan fingerprint density at radius 1 is 1.48 bits per heavy atom. The molecule has 0 amide bonds. The third kappa shape index (κ3) is 4.86. The summed E-state index contributed by atoms with van der Waals surface area (Å²) in [5.41, 5.74) is 0.494. The van der Waals surface area contributed by atoms with E-state index in [1.807, 2.05) is 27.7 Å². The van der Waals surface area contributed by atoms with Gasteiger partial charge in [-0.25, -0.2) is 8.93 Å². The lowest BCUT2D eigenvalue weighted by atomic mass is 10.0. The van der Waals surface area contributed by atoms with E-state index in [0.29, 0.717) is 12.1 Å². The van der Waals surface area contributed by atoms with Gasteiger partial charge >= 0.3 is 5.69 Å². The van der Waals surface area contributed by atoms with Crippen molar-refractivity contribution in [2.45, 2.75) is 76.4 Å². The topological polar surface area (TPSA) is 99.3 Å². The third-order valence-corrected chi connectivity index (χ3v) is 6.09. The number of rotatable bonds is 5. The quantitative estimate of drug-likeness (QED) is 0.633. The Morgan fingerprint density at radius 2 is 2.16 bits per heavy atom. The van der Waals surface area contributed by atoms with Crippen molar-refractivity contribution in [3.8, 4) is 0 Å². The molecular weight excluding hydrogens is 344 g/mol. The number of hydrogen-bond donors (Lipinski definition) is 1. The Balaban J connectivity index is 2.19. The minimum atomic E-state index is -1.15. The lowest BCUT2D eigenvalue weighted by Gasteiger charge is -2.24. The number of aryl methyl sites for hydroxylation is 1. The van der Waals surface area contributed by atoms with E-state index in [4.69, 9.17) is 4.74 Å².